The quantitative estimate of drug-likeness (QED) is 0.789. The number of anilines is 1. The first-order valence-electron chi connectivity index (χ1n) is 3.44. The molecule has 12 heavy (non-hydrogen) atoms. The Morgan fingerprint density at radius 1 is 1.67 bits per heavy atom. The van der Waals surface area contributed by atoms with Gasteiger partial charge in [0.05, 0.1) is 11.0 Å². The van der Waals surface area contributed by atoms with Crippen LogP contribution in [-0.2, 0) is 4.79 Å². The lowest BCUT2D eigenvalue weighted by atomic mass is 10.3. The van der Waals surface area contributed by atoms with Gasteiger partial charge in [0.25, 0.3) is 0 Å². The Morgan fingerprint density at radius 3 is 2.75 bits per heavy atom. The van der Waals surface area contributed by atoms with Gasteiger partial charge in [-0.25, -0.2) is 0 Å². The van der Waals surface area contributed by atoms with Crippen molar-refractivity contribution in [3.05, 3.63) is 11.3 Å². The highest BCUT2D eigenvalue weighted by atomic mass is 79.9. The maximum absolute atomic E-state index is 10.9. The zero-order chi connectivity index (χ0) is 9.14. The Morgan fingerprint density at radius 2 is 2.33 bits per heavy atom. The van der Waals surface area contributed by atoms with E-state index < -0.39 is 0 Å². The van der Waals surface area contributed by atoms with E-state index in [1.54, 1.807) is 0 Å². The smallest absolute Gasteiger partial charge is 0.237 e. The molecule has 0 atom stereocenters. The molecule has 1 amide bonds. The number of aromatic nitrogens is 1. The third kappa shape index (κ3) is 1.85. The van der Waals surface area contributed by atoms with Gasteiger partial charge in [-0.05, 0) is 13.8 Å². The van der Waals surface area contributed by atoms with Gasteiger partial charge in [-0.3, -0.25) is 10.1 Å². The number of alkyl halides is 1. The average molecular weight is 233 g/mol. The van der Waals surface area contributed by atoms with E-state index in [1.165, 1.54) is 0 Å². The largest absolute Gasteiger partial charge is 0.338 e. The summed E-state index contributed by atoms with van der Waals surface area (Å²) in [5, 5.41) is 6.52. The SMILES string of the molecule is Cc1noc(NC(=O)CBr)c1C. The summed E-state index contributed by atoms with van der Waals surface area (Å²) in [4.78, 5) is 10.9. The predicted molar refractivity (Wildman–Crippen MR) is 48.4 cm³/mol. The standard InChI is InChI=1S/C7H9BrN2O2/c1-4-5(2)10-12-7(4)9-6(11)3-8/h3H2,1-2H3,(H,9,11). The Balaban J connectivity index is 2.76. The van der Waals surface area contributed by atoms with Crippen LogP contribution in [-0.4, -0.2) is 16.4 Å². The zero-order valence-electron chi connectivity index (χ0n) is 6.85. The number of nitrogens with one attached hydrogen (secondary N) is 1. The van der Waals surface area contributed by atoms with Gasteiger partial charge in [0.2, 0.25) is 11.8 Å². The van der Waals surface area contributed by atoms with E-state index in [1.807, 2.05) is 13.8 Å². The summed E-state index contributed by atoms with van der Waals surface area (Å²) in [5.74, 6) is 0.284. The number of rotatable bonds is 2. The lowest BCUT2D eigenvalue weighted by Crippen LogP contribution is -2.12. The number of nitrogens with zero attached hydrogens (tertiary/aromatic N) is 1. The minimum atomic E-state index is -0.144. The van der Waals surface area contributed by atoms with Crippen LogP contribution in [0.4, 0.5) is 5.88 Å². The van der Waals surface area contributed by atoms with Gasteiger partial charge in [0.1, 0.15) is 0 Å². The lowest BCUT2D eigenvalue weighted by molar-refractivity contribution is -0.113. The van der Waals surface area contributed by atoms with Gasteiger partial charge in [-0.15, -0.1) is 0 Å². The molecule has 1 rings (SSSR count). The maximum Gasteiger partial charge on any atom is 0.237 e. The third-order valence-corrected chi connectivity index (χ3v) is 2.04. The maximum atomic E-state index is 10.9. The second-order valence-corrected chi connectivity index (χ2v) is 2.96. The van der Waals surface area contributed by atoms with Crippen LogP contribution in [0, 0.1) is 13.8 Å². The van der Waals surface area contributed by atoms with Crippen molar-refractivity contribution in [2.24, 2.45) is 0 Å². The van der Waals surface area contributed by atoms with Gasteiger partial charge in [-0.1, -0.05) is 21.1 Å². The normalized spacial score (nSPS) is 9.92. The molecular weight excluding hydrogens is 224 g/mol. The molecule has 0 unspecified atom stereocenters. The molecule has 0 bridgehead atoms. The molecule has 5 heteroatoms. The summed E-state index contributed by atoms with van der Waals surface area (Å²) in [6.45, 7) is 3.66. The summed E-state index contributed by atoms with van der Waals surface area (Å²) in [7, 11) is 0. The van der Waals surface area contributed by atoms with Gasteiger partial charge in [-0.2, -0.15) is 0 Å². The van der Waals surface area contributed by atoms with Crippen LogP contribution in [0.2, 0.25) is 0 Å². The first kappa shape index (κ1) is 9.25. The number of amides is 1. The van der Waals surface area contributed by atoms with Crippen LogP contribution >= 0.6 is 15.9 Å². The molecule has 0 aliphatic carbocycles. The highest BCUT2D eigenvalue weighted by Gasteiger charge is 2.09. The number of hydrogen-bond donors (Lipinski definition) is 1. The third-order valence-electron chi connectivity index (χ3n) is 1.53. The Labute approximate surface area is 78.4 Å². The molecule has 66 valence electrons. The molecular formula is C7H9BrN2O2. The summed E-state index contributed by atoms with van der Waals surface area (Å²) in [6, 6.07) is 0. The molecule has 0 aliphatic heterocycles. The fourth-order valence-corrected chi connectivity index (χ4v) is 0.832. The van der Waals surface area contributed by atoms with Crippen LogP contribution < -0.4 is 5.32 Å². The van der Waals surface area contributed by atoms with Crippen molar-refractivity contribution in [3.63, 3.8) is 0 Å². The highest BCUT2D eigenvalue weighted by Crippen LogP contribution is 2.16. The molecule has 0 saturated carbocycles. The summed E-state index contributed by atoms with van der Waals surface area (Å²) < 4.78 is 4.86. The van der Waals surface area contributed by atoms with Gasteiger partial charge in [0.15, 0.2) is 0 Å². The predicted octanol–water partition coefficient (Wildman–Crippen LogP) is 1.62. The molecule has 1 N–H and O–H groups in total. The van der Waals surface area contributed by atoms with E-state index in [0.717, 1.165) is 11.3 Å². The van der Waals surface area contributed by atoms with Crippen LogP contribution in [0.3, 0.4) is 0 Å². The molecule has 0 fully saturated rings. The zero-order valence-corrected chi connectivity index (χ0v) is 8.43. The fraction of sp³-hybridized carbons (Fsp3) is 0.429. The Bertz CT molecular complexity index is 296. The first-order chi connectivity index (χ1) is 5.65. The van der Waals surface area contributed by atoms with Crippen molar-refractivity contribution in [3.8, 4) is 0 Å². The Hall–Kier alpha value is -0.840. The molecule has 0 saturated heterocycles. The van der Waals surface area contributed by atoms with Crippen molar-refractivity contribution in [2.45, 2.75) is 13.8 Å². The number of hydrogen-bond acceptors (Lipinski definition) is 3. The molecule has 1 heterocycles. The average Bonchev–Trinajstić information content (AvgIpc) is 2.36. The monoisotopic (exact) mass is 232 g/mol. The first-order valence-corrected chi connectivity index (χ1v) is 4.56. The van der Waals surface area contributed by atoms with Crippen molar-refractivity contribution in [2.75, 3.05) is 10.6 Å². The molecule has 0 spiro atoms. The van der Waals surface area contributed by atoms with E-state index in [0.29, 0.717) is 5.88 Å². The Kier molecular flexibility index (Phi) is 2.86. The van der Waals surface area contributed by atoms with Crippen molar-refractivity contribution in [1.29, 1.82) is 0 Å². The van der Waals surface area contributed by atoms with E-state index in [2.05, 4.69) is 26.4 Å². The van der Waals surface area contributed by atoms with E-state index in [-0.39, 0.29) is 11.2 Å². The van der Waals surface area contributed by atoms with Gasteiger partial charge < -0.3 is 4.52 Å². The van der Waals surface area contributed by atoms with E-state index >= 15 is 0 Å². The summed E-state index contributed by atoms with van der Waals surface area (Å²) in [5.41, 5.74) is 1.66. The van der Waals surface area contributed by atoms with Crippen molar-refractivity contribution >= 4 is 27.7 Å². The highest BCUT2D eigenvalue weighted by molar-refractivity contribution is 9.09. The lowest BCUT2D eigenvalue weighted by Gasteiger charge is -1.96. The second kappa shape index (κ2) is 3.71. The minimum Gasteiger partial charge on any atom is -0.338 e. The number of aryl methyl sites for hydroxylation is 1. The van der Waals surface area contributed by atoms with E-state index in [9.17, 15) is 4.79 Å². The van der Waals surface area contributed by atoms with Gasteiger partial charge >= 0.3 is 0 Å². The molecule has 0 radical (unpaired) electrons. The van der Waals surface area contributed by atoms with Crippen LogP contribution in [0.5, 0.6) is 0 Å². The second-order valence-electron chi connectivity index (χ2n) is 2.40. The van der Waals surface area contributed by atoms with Crippen LogP contribution in [0.25, 0.3) is 0 Å². The number of carbonyl (C=O) groups excluding carboxylic acids is 1. The topological polar surface area (TPSA) is 55.1 Å². The van der Waals surface area contributed by atoms with Crippen molar-refractivity contribution in [1.82, 2.24) is 5.16 Å². The number of halogens is 1. The molecule has 0 aromatic carbocycles. The molecule has 1 aromatic rings. The van der Waals surface area contributed by atoms with E-state index in [4.69, 9.17) is 4.52 Å². The minimum absolute atomic E-state index is 0.144. The van der Waals surface area contributed by atoms with Crippen molar-refractivity contribution < 1.29 is 9.32 Å². The van der Waals surface area contributed by atoms with Gasteiger partial charge in [0, 0.05) is 5.56 Å². The van der Waals surface area contributed by atoms with Crippen LogP contribution in [0.1, 0.15) is 11.3 Å². The molecule has 4 nitrogen and oxygen atoms in total. The molecule has 1 aromatic heterocycles. The summed E-state index contributed by atoms with van der Waals surface area (Å²) in [6.07, 6.45) is 0. The summed E-state index contributed by atoms with van der Waals surface area (Å²) >= 11 is 3.03. The molecule has 0 aliphatic rings. The number of carbonyl (C=O) groups is 1. The van der Waals surface area contributed by atoms with Crippen LogP contribution in [0.15, 0.2) is 4.52 Å². The fourth-order valence-electron chi connectivity index (χ4n) is 0.692.